The van der Waals surface area contributed by atoms with E-state index in [1.165, 1.54) is 6.07 Å². The molecular formula is C24H32N2O10. The van der Waals surface area contributed by atoms with Crippen molar-refractivity contribution in [3.63, 3.8) is 0 Å². The lowest BCUT2D eigenvalue weighted by molar-refractivity contribution is -0.136. The molecule has 0 aliphatic carbocycles. The first kappa shape index (κ1) is 27.7. The molecule has 0 radical (unpaired) electrons. The molecule has 1 aromatic carbocycles. The zero-order chi connectivity index (χ0) is 25.8. The molecule has 1 unspecified atom stereocenters. The highest BCUT2D eigenvalue weighted by molar-refractivity contribution is 6.24. The van der Waals surface area contributed by atoms with Crippen molar-refractivity contribution in [3.05, 3.63) is 29.3 Å². The second kappa shape index (κ2) is 14.6. The number of nitrogens with one attached hydrogen (secondary N) is 1. The van der Waals surface area contributed by atoms with Crippen molar-refractivity contribution in [2.75, 3.05) is 66.1 Å². The minimum atomic E-state index is -1.03. The van der Waals surface area contributed by atoms with Crippen LogP contribution in [-0.4, -0.2) is 106 Å². The second-order valence-electron chi connectivity index (χ2n) is 8.00. The molecule has 36 heavy (non-hydrogen) atoms. The highest BCUT2D eigenvalue weighted by Crippen LogP contribution is 2.33. The number of rotatable bonds is 17. The normalized spacial score (nSPS) is 17.5. The Bertz CT molecular complexity index is 922. The van der Waals surface area contributed by atoms with Crippen LogP contribution in [0.2, 0.25) is 0 Å². The molecule has 1 saturated heterocycles. The third-order valence-electron chi connectivity index (χ3n) is 5.48. The number of carbonyl (C=O) groups is 4. The Labute approximate surface area is 208 Å². The maximum Gasteiger partial charge on any atom is 0.266 e. The Balaban J connectivity index is 1.32. The fourth-order valence-electron chi connectivity index (χ4n) is 3.74. The fraction of sp³-hybridized carbons (Fsp3) is 0.583. The average molecular weight is 509 g/mol. The summed E-state index contributed by atoms with van der Waals surface area (Å²) in [6.45, 7) is 3.55. The first-order valence-electron chi connectivity index (χ1n) is 11.9. The molecule has 2 aliphatic rings. The number of benzene rings is 1. The van der Waals surface area contributed by atoms with E-state index in [1.54, 1.807) is 12.1 Å². The standard InChI is InChI=1S/C24H32N2O10/c27-7-2-8-32-9-10-33-11-12-34-13-14-35-15-16-36-19-4-1-3-17-21(19)24(31)26(23(17)30)18-5-6-20(28)25-22(18)29/h1,3-4,18,27H,2,5-16H2,(H,25,28,29). The van der Waals surface area contributed by atoms with Crippen LogP contribution in [0, 0.1) is 0 Å². The van der Waals surface area contributed by atoms with Gasteiger partial charge in [-0.05, 0) is 25.0 Å². The van der Waals surface area contributed by atoms with Crippen LogP contribution in [0.5, 0.6) is 5.75 Å². The molecule has 2 heterocycles. The Hall–Kier alpha value is -2.90. The predicted octanol–water partition coefficient (Wildman–Crippen LogP) is -0.0846. The van der Waals surface area contributed by atoms with Crippen LogP contribution in [-0.2, 0) is 28.5 Å². The van der Waals surface area contributed by atoms with Crippen molar-refractivity contribution >= 4 is 23.6 Å². The summed E-state index contributed by atoms with van der Waals surface area (Å²) in [6.07, 6.45) is 0.763. The van der Waals surface area contributed by atoms with Crippen molar-refractivity contribution in [2.24, 2.45) is 0 Å². The van der Waals surface area contributed by atoms with Crippen LogP contribution in [0.4, 0.5) is 0 Å². The van der Waals surface area contributed by atoms with Crippen LogP contribution < -0.4 is 10.1 Å². The monoisotopic (exact) mass is 508 g/mol. The topological polar surface area (TPSA) is 150 Å². The van der Waals surface area contributed by atoms with Gasteiger partial charge in [-0.2, -0.15) is 0 Å². The molecule has 12 nitrogen and oxygen atoms in total. The molecule has 3 rings (SSSR count). The Morgan fingerprint density at radius 2 is 1.44 bits per heavy atom. The summed E-state index contributed by atoms with van der Waals surface area (Å²) >= 11 is 0. The third kappa shape index (κ3) is 7.55. The minimum Gasteiger partial charge on any atom is -0.490 e. The number of aliphatic hydroxyl groups is 1. The van der Waals surface area contributed by atoms with E-state index in [4.69, 9.17) is 28.8 Å². The van der Waals surface area contributed by atoms with Gasteiger partial charge in [0.25, 0.3) is 11.8 Å². The van der Waals surface area contributed by atoms with Gasteiger partial charge in [0, 0.05) is 19.6 Å². The molecule has 0 saturated carbocycles. The molecular weight excluding hydrogens is 476 g/mol. The van der Waals surface area contributed by atoms with E-state index < -0.39 is 29.7 Å². The first-order chi connectivity index (χ1) is 17.5. The number of carbonyl (C=O) groups excluding carboxylic acids is 4. The lowest BCUT2D eigenvalue weighted by Gasteiger charge is -2.27. The summed E-state index contributed by atoms with van der Waals surface area (Å²) in [5.74, 6) is -2.05. The van der Waals surface area contributed by atoms with Crippen molar-refractivity contribution in [3.8, 4) is 5.75 Å². The fourth-order valence-corrected chi connectivity index (χ4v) is 3.74. The molecule has 0 bridgehead atoms. The number of hydrogen-bond acceptors (Lipinski definition) is 10. The summed E-state index contributed by atoms with van der Waals surface area (Å²) in [6, 6.07) is 3.67. The van der Waals surface area contributed by atoms with Gasteiger partial charge in [-0.15, -0.1) is 0 Å². The van der Waals surface area contributed by atoms with Gasteiger partial charge in [0.05, 0.1) is 57.4 Å². The van der Waals surface area contributed by atoms with Gasteiger partial charge in [0.15, 0.2) is 0 Å². The van der Waals surface area contributed by atoms with Crippen LogP contribution in [0.3, 0.4) is 0 Å². The molecule has 1 fully saturated rings. The van der Waals surface area contributed by atoms with E-state index >= 15 is 0 Å². The van der Waals surface area contributed by atoms with E-state index in [2.05, 4.69) is 5.32 Å². The van der Waals surface area contributed by atoms with Crippen LogP contribution >= 0.6 is 0 Å². The molecule has 2 N–H and O–H groups in total. The Morgan fingerprint density at radius 1 is 0.833 bits per heavy atom. The number of fused-ring (bicyclic) bond motifs is 1. The SMILES string of the molecule is O=C1CCC(N2C(=O)c3cccc(OCCOCCOCCOCCOCCCO)c3C2=O)C(=O)N1. The quantitative estimate of drug-likeness (QED) is 0.216. The zero-order valence-electron chi connectivity index (χ0n) is 20.1. The van der Waals surface area contributed by atoms with E-state index in [-0.39, 0.29) is 49.5 Å². The van der Waals surface area contributed by atoms with E-state index in [0.717, 1.165) is 4.90 Å². The van der Waals surface area contributed by atoms with Gasteiger partial charge < -0.3 is 28.8 Å². The molecule has 1 aromatic rings. The number of piperidine rings is 1. The predicted molar refractivity (Wildman–Crippen MR) is 124 cm³/mol. The minimum absolute atomic E-state index is 0.0579. The second-order valence-corrected chi connectivity index (χ2v) is 8.00. The molecule has 0 aromatic heterocycles. The maximum absolute atomic E-state index is 13.0. The van der Waals surface area contributed by atoms with Crippen LogP contribution in [0.25, 0.3) is 0 Å². The van der Waals surface area contributed by atoms with Crippen molar-refractivity contribution < 1.29 is 48.0 Å². The molecule has 12 heteroatoms. The van der Waals surface area contributed by atoms with Crippen molar-refractivity contribution in [2.45, 2.75) is 25.3 Å². The number of imide groups is 2. The average Bonchev–Trinajstić information content (AvgIpc) is 3.12. The number of amides is 4. The molecule has 4 amide bonds. The Kier molecular flexibility index (Phi) is 11.2. The van der Waals surface area contributed by atoms with Gasteiger partial charge >= 0.3 is 0 Å². The van der Waals surface area contributed by atoms with Gasteiger partial charge in [0.2, 0.25) is 11.8 Å². The summed E-state index contributed by atoms with van der Waals surface area (Å²) in [7, 11) is 0. The number of nitrogens with zero attached hydrogens (tertiary/aromatic N) is 1. The van der Waals surface area contributed by atoms with Crippen molar-refractivity contribution in [1.82, 2.24) is 10.2 Å². The summed E-state index contributed by atoms with van der Waals surface area (Å²) < 4.78 is 27.2. The summed E-state index contributed by atoms with van der Waals surface area (Å²) in [5, 5.41) is 10.8. The zero-order valence-corrected chi connectivity index (χ0v) is 20.1. The lowest BCUT2D eigenvalue weighted by atomic mass is 10.0. The lowest BCUT2D eigenvalue weighted by Crippen LogP contribution is -2.54. The van der Waals surface area contributed by atoms with Gasteiger partial charge in [-0.25, -0.2) is 0 Å². The first-order valence-corrected chi connectivity index (χ1v) is 11.9. The van der Waals surface area contributed by atoms with Gasteiger partial charge in [-0.3, -0.25) is 29.4 Å². The highest BCUT2D eigenvalue weighted by atomic mass is 16.6. The van der Waals surface area contributed by atoms with E-state index in [1.807, 2.05) is 0 Å². The largest absolute Gasteiger partial charge is 0.490 e. The molecule has 1 atom stereocenters. The maximum atomic E-state index is 13.0. The van der Waals surface area contributed by atoms with Gasteiger partial charge in [0.1, 0.15) is 18.4 Å². The van der Waals surface area contributed by atoms with Crippen molar-refractivity contribution in [1.29, 1.82) is 0 Å². The number of aliphatic hydroxyl groups excluding tert-OH is 1. The highest BCUT2D eigenvalue weighted by Gasteiger charge is 2.45. The molecule has 198 valence electrons. The van der Waals surface area contributed by atoms with Crippen LogP contribution in [0.15, 0.2) is 18.2 Å². The number of ether oxygens (including phenoxy) is 5. The molecule has 2 aliphatic heterocycles. The smallest absolute Gasteiger partial charge is 0.266 e. The summed E-state index contributed by atoms with van der Waals surface area (Å²) in [4.78, 5) is 50.3. The van der Waals surface area contributed by atoms with Gasteiger partial charge in [-0.1, -0.05) is 6.07 Å². The molecule has 0 spiro atoms. The summed E-state index contributed by atoms with van der Waals surface area (Å²) in [5.41, 5.74) is 0.268. The van der Waals surface area contributed by atoms with Crippen LogP contribution in [0.1, 0.15) is 40.0 Å². The van der Waals surface area contributed by atoms with E-state index in [0.29, 0.717) is 52.7 Å². The third-order valence-corrected chi connectivity index (χ3v) is 5.48. The Morgan fingerprint density at radius 3 is 2.06 bits per heavy atom. The van der Waals surface area contributed by atoms with E-state index in [9.17, 15) is 19.2 Å². The number of hydrogen-bond donors (Lipinski definition) is 2.